The van der Waals surface area contributed by atoms with Crippen molar-refractivity contribution >= 4 is 35.0 Å². The van der Waals surface area contributed by atoms with Crippen molar-refractivity contribution in [1.82, 2.24) is 4.98 Å². The Hall–Kier alpha value is -3.94. The molecule has 3 aromatic carbocycles. The molecular formula is C29H20Cl2FNO5. The standard InChI is InChI=1S/C29H20Cl2FNO5/c30-17-6-9-21(24(32)12-17)25-3-1-2-18(33-25)13-26(34)16-4-7-19(8-5-16)38-28-15-27-22(14-23(28)31)20(29(35)36)10-11-37-27/h1-9,12,14-15,20H,10-11,13H2,(H,35,36). The molecule has 1 aliphatic heterocycles. The quantitative estimate of drug-likeness (QED) is 0.241. The van der Waals surface area contributed by atoms with Gasteiger partial charge in [0.15, 0.2) is 5.78 Å². The second-order valence-corrected chi connectivity index (χ2v) is 9.56. The molecule has 0 radical (unpaired) electrons. The third kappa shape index (κ3) is 5.49. The minimum absolute atomic E-state index is 0.0297. The van der Waals surface area contributed by atoms with E-state index < -0.39 is 17.7 Å². The maximum atomic E-state index is 14.3. The van der Waals surface area contributed by atoms with Gasteiger partial charge in [0.2, 0.25) is 0 Å². The minimum Gasteiger partial charge on any atom is -0.493 e. The molecule has 0 aliphatic carbocycles. The van der Waals surface area contributed by atoms with Crippen molar-refractivity contribution in [1.29, 1.82) is 0 Å². The van der Waals surface area contributed by atoms with Crippen LogP contribution in [-0.2, 0) is 11.2 Å². The van der Waals surface area contributed by atoms with Crippen LogP contribution >= 0.6 is 23.2 Å². The number of carboxylic acid groups (broad SMARTS) is 1. The fourth-order valence-corrected chi connectivity index (χ4v) is 4.62. The lowest BCUT2D eigenvalue weighted by molar-refractivity contribution is -0.139. The van der Waals surface area contributed by atoms with E-state index in [4.69, 9.17) is 32.7 Å². The van der Waals surface area contributed by atoms with Gasteiger partial charge in [-0.3, -0.25) is 14.6 Å². The third-order valence-electron chi connectivity index (χ3n) is 6.16. The number of fused-ring (bicyclic) bond motifs is 1. The molecule has 1 aromatic heterocycles. The summed E-state index contributed by atoms with van der Waals surface area (Å²) in [5.41, 5.74) is 2.18. The van der Waals surface area contributed by atoms with Gasteiger partial charge in [-0.1, -0.05) is 29.3 Å². The molecule has 6 nitrogen and oxygen atoms in total. The van der Waals surface area contributed by atoms with Gasteiger partial charge in [-0.2, -0.15) is 0 Å². The van der Waals surface area contributed by atoms with Crippen LogP contribution in [0, 0.1) is 5.82 Å². The number of carbonyl (C=O) groups excluding carboxylic acids is 1. The number of nitrogens with zero attached hydrogens (tertiary/aromatic N) is 1. The van der Waals surface area contributed by atoms with Crippen LogP contribution in [-0.4, -0.2) is 28.4 Å². The second-order valence-electron chi connectivity index (χ2n) is 8.71. The number of rotatable bonds is 7. The van der Waals surface area contributed by atoms with Gasteiger partial charge in [-0.15, -0.1) is 0 Å². The maximum Gasteiger partial charge on any atom is 0.311 e. The average Bonchev–Trinajstić information content (AvgIpc) is 2.89. The van der Waals surface area contributed by atoms with Gasteiger partial charge in [0, 0.05) is 33.5 Å². The molecule has 1 N–H and O–H groups in total. The number of hydrogen-bond donors (Lipinski definition) is 1. The average molecular weight is 552 g/mol. The Morgan fingerprint density at radius 1 is 1.05 bits per heavy atom. The molecule has 0 bridgehead atoms. The number of halogens is 3. The summed E-state index contributed by atoms with van der Waals surface area (Å²) in [6.45, 7) is 0.286. The maximum absolute atomic E-state index is 14.3. The first-order chi connectivity index (χ1) is 18.3. The van der Waals surface area contributed by atoms with E-state index in [2.05, 4.69) is 4.98 Å². The highest BCUT2D eigenvalue weighted by Gasteiger charge is 2.29. The predicted octanol–water partition coefficient (Wildman–Crippen LogP) is 7.36. The van der Waals surface area contributed by atoms with E-state index in [0.29, 0.717) is 56.8 Å². The number of pyridine rings is 1. The van der Waals surface area contributed by atoms with Gasteiger partial charge >= 0.3 is 5.97 Å². The molecule has 0 fully saturated rings. The molecule has 9 heteroatoms. The van der Waals surface area contributed by atoms with Crippen molar-refractivity contribution in [2.45, 2.75) is 18.8 Å². The molecule has 192 valence electrons. The molecule has 0 saturated carbocycles. The third-order valence-corrected chi connectivity index (χ3v) is 6.69. The van der Waals surface area contributed by atoms with Gasteiger partial charge in [0.1, 0.15) is 23.1 Å². The highest BCUT2D eigenvalue weighted by Crippen LogP contribution is 2.41. The molecule has 4 aromatic rings. The van der Waals surface area contributed by atoms with Gasteiger partial charge in [-0.05, 0) is 67.1 Å². The molecule has 1 unspecified atom stereocenters. The lowest BCUT2D eigenvalue weighted by Gasteiger charge is -2.24. The molecule has 38 heavy (non-hydrogen) atoms. The van der Waals surface area contributed by atoms with Crippen LogP contribution in [0.25, 0.3) is 11.3 Å². The van der Waals surface area contributed by atoms with Crippen LogP contribution in [0.2, 0.25) is 10.0 Å². The van der Waals surface area contributed by atoms with E-state index in [9.17, 15) is 19.1 Å². The first-order valence-electron chi connectivity index (χ1n) is 11.7. The van der Waals surface area contributed by atoms with Crippen LogP contribution in [0.4, 0.5) is 4.39 Å². The number of aromatic nitrogens is 1. The summed E-state index contributed by atoms with van der Waals surface area (Å²) in [6.07, 6.45) is 0.397. The van der Waals surface area contributed by atoms with Crippen LogP contribution in [0.3, 0.4) is 0 Å². The Morgan fingerprint density at radius 3 is 2.58 bits per heavy atom. The Bertz CT molecular complexity index is 1540. The van der Waals surface area contributed by atoms with Crippen LogP contribution < -0.4 is 9.47 Å². The number of aliphatic carboxylic acids is 1. The minimum atomic E-state index is -0.932. The summed E-state index contributed by atoms with van der Waals surface area (Å²) >= 11 is 12.2. The number of Topliss-reactive ketones (excluding diaryl/α,β-unsaturated/α-hetero) is 1. The largest absolute Gasteiger partial charge is 0.493 e. The Labute approximate surface area is 227 Å². The van der Waals surface area contributed by atoms with Crippen molar-refractivity contribution < 1.29 is 28.6 Å². The second kappa shape index (κ2) is 10.8. The monoisotopic (exact) mass is 551 g/mol. The first-order valence-corrected chi connectivity index (χ1v) is 12.5. The lowest BCUT2D eigenvalue weighted by atomic mass is 9.93. The van der Waals surface area contributed by atoms with E-state index >= 15 is 0 Å². The van der Waals surface area contributed by atoms with Crippen LogP contribution in [0.1, 0.15) is 34.0 Å². The van der Waals surface area contributed by atoms with Crippen LogP contribution in [0.5, 0.6) is 17.2 Å². The van der Waals surface area contributed by atoms with Crippen molar-refractivity contribution in [2.75, 3.05) is 6.61 Å². The summed E-state index contributed by atoms with van der Waals surface area (Å²) in [6, 6.07) is 19.1. The highest BCUT2D eigenvalue weighted by atomic mass is 35.5. The molecular weight excluding hydrogens is 532 g/mol. The zero-order chi connectivity index (χ0) is 26.8. The zero-order valence-corrected chi connectivity index (χ0v) is 21.3. The molecule has 1 atom stereocenters. The highest BCUT2D eigenvalue weighted by molar-refractivity contribution is 6.32. The van der Waals surface area contributed by atoms with Gasteiger partial charge < -0.3 is 14.6 Å². The van der Waals surface area contributed by atoms with E-state index in [1.165, 1.54) is 6.07 Å². The fourth-order valence-electron chi connectivity index (χ4n) is 4.25. The van der Waals surface area contributed by atoms with Gasteiger partial charge in [0.25, 0.3) is 0 Å². The van der Waals surface area contributed by atoms with Crippen molar-refractivity contribution in [3.63, 3.8) is 0 Å². The van der Waals surface area contributed by atoms with Crippen molar-refractivity contribution in [2.24, 2.45) is 0 Å². The summed E-state index contributed by atoms with van der Waals surface area (Å²) in [7, 11) is 0. The van der Waals surface area contributed by atoms with Crippen molar-refractivity contribution in [3.05, 3.63) is 105 Å². The molecule has 0 amide bonds. The molecule has 1 aliphatic rings. The molecule has 0 spiro atoms. The lowest BCUT2D eigenvalue weighted by Crippen LogP contribution is -2.20. The fraction of sp³-hybridized carbons (Fsp3) is 0.138. The summed E-state index contributed by atoms with van der Waals surface area (Å²) in [5, 5.41) is 9.99. The molecule has 5 rings (SSSR count). The number of carboxylic acids is 1. The zero-order valence-electron chi connectivity index (χ0n) is 19.8. The SMILES string of the molecule is O=C(Cc1cccc(-c2ccc(Cl)cc2F)n1)c1ccc(Oc2cc3c(cc2Cl)C(C(=O)O)CCO3)cc1. The molecule has 0 saturated heterocycles. The Kier molecular flexibility index (Phi) is 7.31. The summed E-state index contributed by atoms with van der Waals surface area (Å²) < 4.78 is 25.8. The smallest absolute Gasteiger partial charge is 0.311 e. The van der Waals surface area contributed by atoms with E-state index in [1.807, 2.05) is 0 Å². The van der Waals surface area contributed by atoms with E-state index in [0.717, 1.165) is 0 Å². The summed E-state index contributed by atoms with van der Waals surface area (Å²) in [4.78, 5) is 28.9. The number of hydrogen-bond acceptors (Lipinski definition) is 5. The van der Waals surface area contributed by atoms with E-state index in [-0.39, 0.29) is 23.8 Å². The first kappa shape index (κ1) is 25.7. The number of carbonyl (C=O) groups is 2. The van der Waals surface area contributed by atoms with Crippen molar-refractivity contribution in [3.8, 4) is 28.5 Å². The number of ether oxygens (including phenoxy) is 2. The number of ketones is 1. The van der Waals surface area contributed by atoms with E-state index in [1.54, 1.807) is 66.7 Å². The number of benzene rings is 3. The predicted molar refractivity (Wildman–Crippen MR) is 141 cm³/mol. The topological polar surface area (TPSA) is 85.7 Å². The summed E-state index contributed by atoms with van der Waals surface area (Å²) in [5.74, 6) is -1.11. The Balaban J connectivity index is 1.29. The van der Waals surface area contributed by atoms with Gasteiger partial charge in [0.05, 0.1) is 29.7 Å². The van der Waals surface area contributed by atoms with Crippen LogP contribution in [0.15, 0.2) is 72.8 Å². The molecule has 2 heterocycles. The normalized spacial score (nSPS) is 14.3. The van der Waals surface area contributed by atoms with Gasteiger partial charge in [-0.25, -0.2) is 4.39 Å². The Morgan fingerprint density at radius 2 is 1.84 bits per heavy atom.